The summed E-state index contributed by atoms with van der Waals surface area (Å²) in [7, 11) is 0. The number of aliphatic hydroxyl groups is 1. The fraction of sp³-hybridized carbons (Fsp3) is 0.750. The molecular formula is C12H21AcN3O3. The Morgan fingerprint density at radius 3 is 2.79 bits per heavy atom. The number of Topliss-reactive ketones (excluding diaryl/α,β-unsaturated/α-hetero) is 1. The van der Waals surface area contributed by atoms with Gasteiger partial charge in [-0.05, 0) is 24.7 Å². The van der Waals surface area contributed by atoms with E-state index in [4.69, 9.17) is 5.73 Å². The van der Waals surface area contributed by atoms with Crippen molar-refractivity contribution in [2.45, 2.75) is 39.2 Å². The van der Waals surface area contributed by atoms with Crippen molar-refractivity contribution in [3.63, 3.8) is 0 Å². The van der Waals surface area contributed by atoms with Crippen molar-refractivity contribution in [3.8, 4) is 0 Å². The molecule has 105 valence electrons. The fourth-order valence-corrected chi connectivity index (χ4v) is 2.38. The monoisotopic (exact) mass is 482 g/mol. The van der Waals surface area contributed by atoms with Crippen molar-refractivity contribution in [1.82, 2.24) is 5.43 Å². The molecule has 4 atom stereocenters. The maximum absolute atomic E-state index is 11.7. The molecule has 0 aliphatic heterocycles. The molecule has 1 unspecified atom stereocenters. The Kier molecular flexibility index (Phi) is 9.05. The summed E-state index contributed by atoms with van der Waals surface area (Å²) in [6, 6.07) is -0.723. The van der Waals surface area contributed by atoms with Gasteiger partial charge in [-0.25, -0.2) is 10.2 Å². The van der Waals surface area contributed by atoms with Gasteiger partial charge in [-0.1, -0.05) is 13.8 Å². The molecule has 0 aromatic rings. The van der Waals surface area contributed by atoms with Crippen LogP contribution in [-0.4, -0.2) is 29.2 Å². The van der Waals surface area contributed by atoms with Gasteiger partial charge < -0.3 is 10.8 Å². The van der Waals surface area contributed by atoms with Crippen LogP contribution < -0.4 is 11.2 Å². The van der Waals surface area contributed by atoms with E-state index in [0.717, 1.165) is 6.42 Å². The Morgan fingerprint density at radius 1 is 1.68 bits per heavy atom. The van der Waals surface area contributed by atoms with E-state index in [1.54, 1.807) is 0 Å². The van der Waals surface area contributed by atoms with Gasteiger partial charge in [0.25, 0.3) is 0 Å². The van der Waals surface area contributed by atoms with Gasteiger partial charge in [-0.15, -0.1) is 0 Å². The summed E-state index contributed by atoms with van der Waals surface area (Å²) >= 11 is 0. The number of hydrazone groups is 1. The molecule has 0 saturated heterocycles. The molecule has 19 heavy (non-hydrogen) atoms. The number of nitrogens with two attached hydrogens (primary N) is 1. The molecule has 1 rings (SSSR count). The van der Waals surface area contributed by atoms with Crippen molar-refractivity contribution in [2.24, 2.45) is 28.6 Å². The molecular weight excluding hydrogens is 461 g/mol. The normalized spacial score (nSPS) is 25.9. The van der Waals surface area contributed by atoms with Crippen LogP contribution in [0.5, 0.6) is 0 Å². The van der Waals surface area contributed by atoms with E-state index in [0.29, 0.717) is 12.8 Å². The molecule has 0 aromatic heterocycles. The van der Waals surface area contributed by atoms with Gasteiger partial charge in [0.15, 0.2) is 0 Å². The molecule has 7 heteroatoms. The molecule has 0 aromatic carbocycles. The fourth-order valence-electron chi connectivity index (χ4n) is 2.38. The number of carbonyl (C=O) groups is 2. The zero-order chi connectivity index (χ0) is 13.7. The van der Waals surface area contributed by atoms with Crippen LogP contribution in [0, 0.1) is 61.8 Å². The van der Waals surface area contributed by atoms with Crippen LogP contribution in [0.3, 0.4) is 0 Å². The van der Waals surface area contributed by atoms with Gasteiger partial charge in [0.05, 0.1) is 6.10 Å². The van der Waals surface area contributed by atoms with E-state index >= 15 is 0 Å². The first-order chi connectivity index (χ1) is 8.43. The van der Waals surface area contributed by atoms with E-state index in [9.17, 15) is 14.7 Å². The van der Waals surface area contributed by atoms with Gasteiger partial charge in [-0.3, -0.25) is 4.79 Å². The summed E-state index contributed by atoms with van der Waals surface area (Å²) < 4.78 is 0. The Bertz CT molecular complexity index is 349. The zero-order valence-corrected chi connectivity index (χ0v) is 16.1. The number of ketones is 1. The Labute approximate surface area is 149 Å². The topological polar surface area (TPSA) is 105 Å². The number of carbonyl (C=O) groups excluding carboxylic acids is 2. The minimum Gasteiger partial charge on any atom is -0.392 e. The number of rotatable bonds is 5. The minimum atomic E-state index is -0.723. The van der Waals surface area contributed by atoms with Crippen molar-refractivity contribution in [2.75, 3.05) is 0 Å². The van der Waals surface area contributed by atoms with Gasteiger partial charge in [-0.2, -0.15) is 5.10 Å². The van der Waals surface area contributed by atoms with Crippen LogP contribution in [0.25, 0.3) is 0 Å². The third-order valence-corrected chi connectivity index (χ3v) is 3.53. The van der Waals surface area contributed by atoms with Gasteiger partial charge in [0, 0.05) is 62.6 Å². The SMILES string of the molecule is CC1CCC(=O)[C@@H]1[C@H](O)[C@H](C)C/C=N/NC(N)=O.[Ac]. The van der Waals surface area contributed by atoms with E-state index in [2.05, 4.69) is 10.5 Å². The van der Waals surface area contributed by atoms with E-state index in [-0.39, 0.29) is 67.6 Å². The predicted molar refractivity (Wildman–Crippen MR) is 67.9 cm³/mol. The van der Waals surface area contributed by atoms with Crippen LogP contribution in [0.2, 0.25) is 0 Å². The first-order valence-electron chi connectivity index (χ1n) is 6.21. The molecule has 6 nitrogen and oxygen atoms in total. The number of primary amides is 1. The Morgan fingerprint density at radius 2 is 2.32 bits per heavy atom. The first-order valence-corrected chi connectivity index (χ1v) is 6.21. The first kappa shape index (κ1) is 19.0. The molecule has 1 saturated carbocycles. The summed E-state index contributed by atoms with van der Waals surface area (Å²) in [5, 5.41) is 13.8. The average molecular weight is 482 g/mol. The molecule has 0 heterocycles. The second-order valence-electron chi connectivity index (χ2n) is 5.00. The summed E-state index contributed by atoms with van der Waals surface area (Å²) in [5.74, 6) is 0.0279. The largest absolute Gasteiger partial charge is 0.392 e. The second kappa shape index (κ2) is 9.04. The number of urea groups is 1. The molecule has 1 aliphatic rings. The third kappa shape index (κ3) is 5.88. The predicted octanol–water partition coefficient (Wildman–Crippen LogP) is 0.643. The number of hydrogen-bond acceptors (Lipinski definition) is 4. The molecule has 2 amide bonds. The van der Waals surface area contributed by atoms with Crippen LogP contribution >= 0.6 is 0 Å². The van der Waals surface area contributed by atoms with Crippen molar-refractivity contribution in [3.05, 3.63) is 0 Å². The number of nitrogens with one attached hydrogen (secondary N) is 1. The van der Waals surface area contributed by atoms with Crippen LogP contribution in [0.1, 0.15) is 33.1 Å². The molecule has 1 aliphatic carbocycles. The molecule has 1 fully saturated rings. The zero-order valence-electron chi connectivity index (χ0n) is 11.4. The second-order valence-corrected chi connectivity index (χ2v) is 5.00. The molecule has 4 N–H and O–H groups in total. The maximum Gasteiger partial charge on any atom is 0.332 e. The number of aliphatic hydroxyl groups excluding tert-OH is 1. The number of nitrogens with zero attached hydrogens (tertiary/aromatic N) is 1. The summed E-state index contributed by atoms with van der Waals surface area (Å²) in [4.78, 5) is 22.1. The van der Waals surface area contributed by atoms with E-state index in [1.165, 1.54) is 6.21 Å². The average Bonchev–Trinajstić information content (AvgIpc) is 2.63. The Balaban J connectivity index is 0.00000324. The van der Waals surface area contributed by atoms with Gasteiger partial charge in [0.1, 0.15) is 5.78 Å². The third-order valence-electron chi connectivity index (χ3n) is 3.53. The quantitative estimate of drug-likeness (QED) is 0.396. The summed E-state index contributed by atoms with van der Waals surface area (Å²) in [6.45, 7) is 3.85. The maximum atomic E-state index is 11.7. The summed E-state index contributed by atoms with van der Waals surface area (Å²) in [5.41, 5.74) is 6.93. The minimum absolute atomic E-state index is 0. The Hall–Kier alpha value is 0.0116. The van der Waals surface area contributed by atoms with Crippen molar-refractivity contribution in [1.29, 1.82) is 0 Å². The summed E-state index contributed by atoms with van der Waals surface area (Å²) in [6.07, 6.45) is 2.73. The van der Waals surface area contributed by atoms with E-state index in [1.807, 2.05) is 13.8 Å². The van der Waals surface area contributed by atoms with Crippen LogP contribution in [-0.2, 0) is 4.79 Å². The van der Waals surface area contributed by atoms with Gasteiger partial charge in [0.2, 0.25) is 0 Å². The van der Waals surface area contributed by atoms with Crippen molar-refractivity contribution >= 4 is 18.0 Å². The standard InChI is InChI=1S/C12H21N3O3.Ac/c1-7-3-4-9(16)10(7)11(17)8(2)5-6-14-15-12(13)18;/h6-8,10-11,17H,3-5H2,1-2H3,(H3,13,15,18);/b14-6+;/t7?,8-,10-,11-;/m1./s1. The molecule has 0 bridgehead atoms. The molecule has 1 radical (unpaired) electrons. The van der Waals surface area contributed by atoms with Crippen LogP contribution in [0.4, 0.5) is 4.79 Å². The smallest absolute Gasteiger partial charge is 0.332 e. The number of hydrogen-bond donors (Lipinski definition) is 3. The van der Waals surface area contributed by atoms with Crippen molar-refractivity contribution < 1.29 is 58.8 Å². The van der Waals surface area contributed by atoms with Gasteiger partial charge >= 0.3 is 6.03 Å². The molecule has 0 spiro atoms. The number of amides is 2. The van der Waals surface area contributed by atoms with Crippen LogP contribution in [0.15, 0.2) is 5.10 Å². The van der Waals surface area contributed by atoms with E-state index < -0.39 is 12.1 Å².